The molecule has 0 bridgehead atoms. The van der Waals surface area contributed by atoms with Crippen molar-refractivity contribution in [2.24, 2.45) is 0 Å². The van der Waals surface area contributed by atoms with E-state index < -0.39 is 0 Å². The first-order valence-corrected chi connectivity index (χ1v) is 6.41. The topological polar surface area (TPSA) is 36.9 Å². The fourth-order valence-electron chi connectivity index (χ4n) is 2.54. The number of hydrogen-bond donors (Lipinski definition) is 1. The molecule has 1 aliphatic heterocycles. The second kappa shape index (κ2) is 4.46. The minimum Gasteiger partial charge on any atom is -0.490 e. The number of ether oxygens (including phenoxy) is 1. The quantitative estimate of drug-likeness (QED) is 0.859. The lowest BCUT2D eigenvalue weighted by Gasteiger charge is -2.10. The zero-order chi connectivity index (χ0) is 12.5. The van der Waals surface area contributed by atoms with Crippen molar-refractivity contribution in [3.05, 3.63) is 65.2 Å². The van der Waals surface area contributed by atoms with Gasteiger partial charge in [-0.1, -0.05) is 30.3 Å². The molecule has 3 N–H and O–H groups in total. The van der Waals surface area contributed by atoms with E-state index in [1.54, 1.807) is 0 Å². The number of hydrogen-bond acceptors (Lipinski definition) is 1. The number of fused-ring (bicyclic) bond motifs is 1. The molecule has 0 aromatic heterocycles. The summed E-state index contributed by atoms with van der Waals surface area (Å²) >= 11 is 0. The van der Waals surface area contributed by atoms with Crippen LogP contribution in [0.15, 0.2) is 48.5 Å². The molecule has 0 aliphatic carbocycles. The number of benzene rings is 2. The summed E-state index contributed by atoms with van der Waals surface area (Å²) in [5, 5.41) is 0. The van der Waals surface area contributed by atoms with Gasteiger partial charge in [0.05, 0.1) is 0 Å². The average Bonchev–Trinajstić information content (AvgIpc) is 2.78. The Bertz CT molecular complexity index is 550. The van der Waals surface area contributed by atoms with E-state index in [1.807, 2.05) is 6.07 Å². The fourth-order valence-corrected chi connectivity index (χ4v) is 2.54. The summed E-state index contributed by atoms with van der Waals surface area (Å²) in [5.41, 5.74) is 8.11. The molecule has 0 radical (unpaired) electrons. The molecule has 2 heteroatoms. The van der Waals surface area contributed by atoms with Gasteiger partial charge in [-0.3, -0.25) is 0 Å². The molecule has 92 valence electrons. The molecule has 3 rings (SSSR count). The largest absolute Gasteiger partial charge is 0.490 e. The van der Waals surface area contributed by atoms with Crippen molar-refractivity contribution in [2.75, 3.05) is 0 Å². The predicted molar refractivity (Wildman–Crippen MR) is 71.4 cm³/mol. The lowest BCUT2D eigenvalue weighted by molar-refractivity contribution is -0.411. The SMILES string of the molecule is C[C@H]1Cc2cc([C@@H]([NH3+])c3ccccc3)ccc2O1. The van der Waals surface area contributed by atoms with Crippen LogP contribution in [0.1, 0.15) is 29.7 Å². The smallest absolute Gasteiger partial charge is 0.136 e. The summed E-state index contributed by atoms with van der Waals surface area (Å²) in [7, 11) is 0. The zero-order valence-electron chi connectivity index (χ0n) is 10.6. The molecule has 2 atom stereocenters. The maximum Gasteiger partial charge on any atom is 0.136 e. The molecule has 0 saturated heterocycles. The van der Waals surface area contributed by atoms with Crippen LogP contribution in [0.5, 0.6) is 5.75 Å². The van der Waals surface area contributed by atoms with Gasteiger partial charge in [0, 0.05) is 17.5 Å². The van der Waals surface area contributed by atoms with Crippen molar-refractivity contribution in [2.45, 2.75) is 25.5 Å². The molecular formula is C16H18NO+. The van der Waals surface area contributed by atoms with Gasteiger partial charge >= 0.3 is 0 Å². The highest BCUT2D eigenvalue weighted by molar-refractivity contribution is 5.43. The predicted octanol–water partition coefficient (Wildman–Crippen LogP) is 2.34. The summed E-state index contributed by atoms with van der Waals surface area (Å²) < 4.78 is 5.73. The molecule has 0 saturated carbocycles. The molecule has 1 aliphatic rings. The standard InChI is InChI=1S/C16H17NO/c1-11-9-14-10-13(7-8-15(14)18-11)16(17)12-5-3-2-4-6-12/h2-8,10-11,16H,9,17H2,1H3/p+1/t11-,16-/m0/s1. The lowest BCUT2D eigenvalue weighted by atomic mass is 9.97. The minimum atomic E-state index is 0.187. The first-order valence-electron chi connectivity index (χ1n) is 6.41. The van der Waals surface area contributed by atoms with Gasteiger partial charge in [-0.05, 0) is 30.7 Å². The van der Waals surface area contributed by atoms with Crippen LogP contribution in [-0.2, 0) is 6.42 Å². The summed E-state index contributed by atoms with van der Waals surface area (Å²) in [6, 6.07) is 17.0. The molecule has 0 spiro atoms. The van der Waals surface area contributed by atoms with E-state index in [0.717, 1.165) is 12.2 Å². The summed E-state index contributed by atoms with van der Waals surface area (Å²) in [4.78, 5) is 0. The van der Waals surface area contributed by atoms with Crippen molar-refractivity contribution in [3.63, 3.8) is 0 Å². The Balaban J connectivity index is 1.92. The minimum absolute atomic E-state index is 0.187. The molecule has 1 heterocycles. The Labute approximate surface area is 107 Å². The molecule has 2 aromatic carbocycles. The van der Waals surface area contributed by atoms with Crippen molar-refractivity contribution in [1.29, 1.82) is 0 Å². The Kier molecular flexibility index (Phi) is 2.80. The average molecular weight is 240 g/mol. The van der Waals surface area contributed by atoms with E-state index in [2.05, 4.69) is 55.1 Å². The van der Waals surface area contributed by atoms with E-state index in [-0.39, 0.29) is 6.04 Å². The number of rotatable bonds is 2. The highest BCUT2D eigenvalue weighted by atomic mass is 16.5. The van der Waals surface area contributed by atoms with Crippen LogP contribution in [0.3, 0.4) is 0 Å². The van der Waals surface area contributed by atoms with E-state index in [0.29, 0.717) is 6.10 Å². The highest BCUT2D eigenvalue weighted by Crippen LogP contribution is 2.31. The molecular weight excluding hydrogens is 222 g/mol. The summed E-state index contributed by atoms with van der Waals surface area (Å²) in [5.74, 6) is 1.03. The monoisotopic (exact) mass is 240 g/mol. The van der Waals surface area contributed by atoms with Crippen LogP contribution in [0, 0.1) is 0 Å². The summed E-state index contributed by atoms with van der Waals surface area (Å²) in [6.45, 7) is 2.11. The van der Waals surface area contributed by atoms with Crippen molar-refractivity contribution >= 4 is 0 Å². The van der Waals surface area contributed by atoms with E-state index in [9.17, 15) is 0 Å². The van der Waals surface area contributed by atoms with Gasteiger partial charge in [0.2, 0.25) is 0 Å². The van der Waals surface area contributed by atoms with Gasteiger partial charge < -0.3 is 10.5 Å². The molecule has 0 fully saturated rings. The first-order chi connectivity index (χ1) is 8.74. The van der Waals surface area contributed by atoms with Crippen LogP contribution in [0.25, 0.3) is 0 Å². The van der Waals surface area contributed by atoms with Crippen LogP contribution in [0.2, 0.25) is 0 Å². The molecule has 0 unspecified atom stereocenters. The van der Waals surface area contributed by atoms with E-state index >= 15 is 0 Å². The van der Waals surface area contributed by atoms with Crippen molar-refractivity contribution in [1.82, 2.24) is 0 Å². The van der Waals surface area contributed by atoms with E-state index in [1.165, 1.54) is 16.7 Å². The normalized spacial score (nSPS) is 19.1. The third-order valence-electron chi connectivity index (χ3n) is 3.52. The first kappa shape index (κ1) is 11.3. The molecule has 18 heavy (non-hydrogen) atoms. The van der Waals surface area contributed by atoms with Crippen LogP contribution < -0.4 is 10.5 Å². The highest BCUT2D eigenvalue weighted by Gasteiger charge is 2.21. The van der Waals surface area contributed by atoms with Gasteiger partial charge in [-0.2, -0.15) is 0 Å². The maximum atomic E-state index is 5.73. The second-order valence-electron chi connectivity index (χ2n) is 4.96. The lowest BCUT2D eigenvalue weighted by Crippen LogP contribution is -2.54. The van der Waals surface area contributed by atoms with Gasteiger partial charge in [0.25, 0.3) is 0 Å². The van der Waals surface area contributed by atoms with Crippen molar-refractivity contribution in [3.8, 4) is 5.75 Å². The Morgan fingerprint density at radius 3 is 2.67 bits per heavy atom. The third-order valence-corrected chi connectivity index (χ3v) is 3.52. The van der Waals surface area contributed by atoms with Crippen molar-refractivity contribution < 1.29 is 10.5 Å². The maximum absolute atomic E-state index is 5.73. The Morgan fingerprint density at radius 1 is 1.11 bits per heavy atom. The Morgan fingerprint density at radius 2 is 1.89 bits per heavy atom. The molecule has 2 nitrogen and oxygen atoms in total. The van der Waals surface area contributed by atoms with Gasteiger partial charge in [-0.15, -0.1) is 0 Å². The third kappa shape index (κ3) is 2.00. The summed E-state index contributed by atoms with van der Waals surface area (Å²) in [6.07, 6.45) is 1.31. The van der Waals surface area contributed by atoms with Gasteiger partial charge in [-0.25, -0.2) is 0 Å². The Hall–Kier alpha value is -1.80. The van der Waals surface area contributed by atoms with Gasteiger partial charge in [0.15, 0.2) is 0 Å². The van der Waals surface area contributed by atoms with E-state index in [4.69, 9.17) is 4.74 Å². The molecule has 0 amide bonds. The molecule has 2 aromatic rings. The fraction of sp³-hybridized carbons (Fsp3) is 0.250. The van der Waals surface area contributed by atoms with Crippen LogP contribution >= 0.6 is 0 Å². The number of quaternary nitrogens is 1. The zero-order valence-corrected chi connectivity index (χ0v) is 10.6. The second-order valence-corrected chi connectivity index (χ2v) is 4.96. The van der Waals surface area contributed by atoms with Crippen LogP contribution in [-0.4, -0.2) is 6.10 Å². The van der Waals surface area contributed by atoms with Crippen LogP contribution in [0.4, 0.5) is 0 Å². The van der Waals surface area contributed by atoms with Gasteiger partial charge in [0.1, 0.15) is 17.9 Å².